The van der Waals surface area contributed by atoms with Gasteiger partial charge in [-0.15, -0.1) is 0 Å². The van der Waals surface area contributed by atoms with E-state index in [9.17, 15) is 0 Å². The number of guanidine groups is 1. The van der Waals surface area contributed by atoms with Crippen LogP contribution in [0.5, 0.6) is 0 Å². The van der Waals surface area contributed by atoms with Crippen LogP contribution in [0.3, 0.4) is 0 Å². The smallest absolute Gasteiger partial charge is 0.191 e. The molecule has 1 fully saturated rings. The molecule has 1 aliphatic rings. The van der Waals surface area contributed by atoms with Crippen LogP contribution in [0.25, 0.3) is 0 Å². The average molecular weight is 332 g/mol. The van der Waals surface area contributed by atoms with Crippen LogP contribution in [0.15, 0.2) is 35.3 Å². The molecule has 1 aromatic rings. The predicted octanol–water partition coefficient (Wildman–Crippen LogP) is 1.77. The van der Waals surface area contributed by atoms with E-state index in [-0.39, 0.29) is 0 Å². The fraction of sp³-hybridized carbons (Fsp3) is 0.632. The number of aliphatic imine (C=N–C) groups is 1. The van der Waals surface area contributed by atoms with Gasteiger partial charge in [0.15, 0.2) is 5.96 Å². The van der Waals surface area contributed by atoms with Crippen molar-refractivity contribution in [2.24, 2.45) is 4.99 Å². The highest BCUT2D eigenvalue weighted by molar-refractivity contribution is 5.79. The summed E-state index contributed by atoms with van der Waals surface area (Å²) in [5, 5.41) is 6.82. The van der Waals surface area contributed by atoms with Gasteiger partial charge in [-0.2, -0.15) is 0 Å². The minimum absolute atomic E-state index is 0.456. The van der Waals surface area contributed by atoms with E-state index in [4.69, 9.17) is 0 Å². The third kappa shape index (κ3) is 6.49. The van der Waals surface area contributed by atoms with Crippen molar-refractivity contribution in [3.63, 3.8) is 0 Å². The number of nitrogens with zero attached hydrogens (tertiary/aromatic N) is 3. The quantitative estimate of drug-likeness (QED) is 0.590. The summed E-state index contributed by atoms with van der Waals surface area (Å²) in [6.07, 6.45) is 1.10. The van der Waals surface area contributed by atoms with E-state index in [0.29, 0.717) is 6.04 Å². The van der Waals surface area contributed by atoms with Gasteiger partial charge in [-0.25, -0.2) is 0 Å². The molecule has 0 radical (unpaired) electrons. The van der Waals surface area contributed by atoms with Crippen LogP contribution in [0, 0.1) is 0 Å². The van der Waals surface area contributed by atoms with Crippen LogP contribution < -0.4 is 10.6 Å². The van der Waals surface area contributed by atoms with Gasteiger partial charge in [-0.3, -0.25) is 14.8 Å². The molecular formula is C19H33N5. The van der Waals surface area contributed by atoms with Crippen molar-refractivity contribution in [2.45, 2.75) is 32.9 Å². The Bertz CT molecular complexity index is 480. The summed E-state index contributed by atoms with van der Waals surface area (Å²) in [4.78, 5) is 9.36. The zero-order valence-corrected chi connectivity index (χ0v) is 15.5. The van der Waals surface area contributed by atoms with Gasteiger partial charge in [0, 0.05) is 58.9 Å². The number of nitrogens with one attached hydrogen (secondary N) is 2. The van der Waals surface area contributed by atoms with E-state index in [1.807, 2.05) is 7.05 Å². The van der Waals surface area contributed by atoms with Crippen molar-refractivity contribution in [1.29, 1.82) is 0 Å². The van der Waals surface area contributed by atoms with Crippen LogP contribution >= 0.6 is 0 Å². The lowest BCUT2D eigenvalue weighted by Gasteiger charge is -2.34. The van der Waals surface area contributed by atoms with E-state index in [1.54, 1.807) is 0 Å². The Morgan fingerprint density at radius 1 is 1.12 bits per heavy atom. The molecule has 1 aliphatic heterocycles. The minimum atomic E-state index is 0.456. The lowest BCUT2D eigenvalue weighted by molar-refractivity contribution is 0.129. The zero-order chi connectivity index (χ0) is 17.2. The third-order valence-electron chi connectivity index (χ3n) is 4.65. The molecule has 1 heterocycles. The van der Waals surface area contributed by atoms with Crippen molar-refractivity contribution in [3.8, 4) is 0 Å². The number of benzene rings is 1. The largest absolute Gasteiger partial charge is 0.355 e. The maximum Gasteiger partial charge on any atom is 0.191 e. The van der Waals surface area contributed by atoms with Gasteiger partial charge in [-0.05, 0) is 18.9 Å². The minimum Gasteiger partial charge on any atom is -0.355 e. The molecule has 2 N–H and O–H groups in total. The topological polar surface area (TPSA) is 42.9 Å². The molecule has 5 nitrogen and oxygen atoms in total. The normalized spacial score (nSPS) is 18.4. The standard InChI is InChI=1S/C19H33N5/c1-4-17(2)22-19(20-3)21-10-11-23-12-14-24(15-13-23)16-18-8-6-5-7-9-18/h5-9,17H,4,10-16H2,1-3H3,(H2,20,21,22). The number of hydrogen-bond donors (Lipinski definition) is 2. The average Bonchev–Trinajstić information content (AvgIpc) is 2.63. The van der Waals surface area contributed by atoms with Gasteiger partial charge < -0.3 is 10.6 Å². The second-order valence-corrected chi connectivity index (χ2v) is 6.56. The summed E-state index contributed by atoms with van der Waals surface area (Å²) in [7, 11) is 1.83. The first-order valence-electron chi connectivity index (χ1n) is 9.17. The van der Waals surface area contributed by atoms with Crippen molar-refractivity contribution in [3.05, 3.63) is 35.9 Å². The third-order valence-corrected chi connectivity index (χ3v) is 4.65. The van der Waals surface area contributed by atoms with Gasteiger partial charge in [0.2, 0.25) is 0 Å². The molecular weight excluding hydrogens is 298 g/mol. The van der Waals surface area contributed by atoms with Gasteiger partial charge in [0.25, 0.3) is 0 Å². The Hall–Kier alpha value is -1.59. The monoisotopic (exact) mass is 331 g/mol. The second kappa shape index (κ2) is 10.3. The van der Waals surface area contributed by atoms with Crippen molar-refractivity contribution in [2.75, 3.05) is 46.3 Å². The van der Waals surface area contributed by atoms with Crippen LogP contribution in [0.1, 0.15) is 25.8 Å². The van der Waals surface area contributed by atoms with Crippen LogP contribution in [-0.4, -0.2) is 68.1 Å². The Morgan fingerprint density at radius 3 is 2.42 bits per heavy atom. The van der Waals surface area contributed by atoms with E-state index in [1.165, 1.54) is 5.56 Å². The Labute approximate surface area is 147 Å². The first-order chi connectivity index (χ1) is 11.7. The Morgan fingerprint density at radius 2 is 1.79 bits per heavy atom. The molecule has 5 heteroatoms. The first kappa shape index (κ1) is 18.7. The van der Waals surface area contributed by atoms with Crippen LogP contribution in [-0.2, 0) is 6.54 Å². The lowest BCUT2D eigenvalue weighted by Crippen LogP contribution is -2.49. The van der Waals surface area contributed by atoms with Gasteiger partial charge in [0.1, 0.15) is 0 Å². The summed E-state index contributed by atoms with van der Waals surface area (Å²) >= 11 is 0. The summed E-state index contributed by atoms with van der Waals surface area (Å²) in [6, 6.07) is 11.2. The molecule has 24 heavy (non-hydrogen) atoms. The molecule has 0 aliphatic carbocycles. The highest BCUT2D eigenvalue weighted by Crippen LogP contribution is 2.07. The highest BCUT2D eigenvalue weighted by Gasteiger charge is 2.16. The molecule has 1 saturated heterocycles. The molecule has 0 amide bonds. The summed E-state index contributed by atoms with van der Waals surface area (Å²) in [6.45, 7) is 12.0. The molecule has 1 atom stereocenters. The molecule has 1 aromatic carbocycles. The van der Waals surface area contributed by atoms with Gasteiger partial charge in [0.05, 0.1) is 0 Å². The van der Waals surface area contributed by atoms with E-state index >= 15 is 0 Å². The van der Waals surface area contributed by atoms with Gasteiger partial charge >= 0.3 is 0 Å². The van der Waals surface area contributed by atoms with Crippen LogP contribution in [0.2, 0.25) is 0 Å². The van der Waals surface area contributed by atoms with E-state index in [2.05, 4.69) is 69.6 Å². The number of piperazine rings is 1. The van der Waals surface area contributed by atoms with Crippen LogP contribution in [0.4, 0.5) is 0 Å². The summed E-state index contributed by atoms with van der Waals surface area (Å²) < 4.78 is 0. The maximum atomic E-state index is 4.29. The molecule has 0 bridgehead atoms. The maximum absolute atomic E-state index is 4.29. The first-order valence-corrected chi connectivity index (χ1v) is 9.17. The van der Waals surface area contributed by atoms with E-state index in [0.717, 1.165) is 58.2 Å². The zero-order valence-electron chi connectivity index (χ0n) is 15.5. The summed E-state index contributed by atoms with van der Waals surface area (Å²) in [5.41, 5.74) is 1.41. The lowest BCUT2D eigenvalue weighted by atomic mass is 10.2. The second-order valence-electron chi connectivity index (χ2n) is 6.56. The SMILES string of the molecule is CCC(C)NC(=NC)NCCN1CCN(Cc2ccccc2)CC1. The molecule has 2 rings (SSSR count). The fourth-order valence-corrected chi connectivity index (χ4v) is 2.88. The van der Waals surface area contributed by atoms with Crippen molar-refractivity contribution < 1.29 is 0 Å². The molecule has 0 spiro atoms. The van der Waals surface area contributed by atoms with Crippen molar-refractivity contribution >= 4 is 5.96 Å². The molecule has 0 saturated carbocycles. The molecule has 0 aromatic heterocycles. The van der Waals surface area contributed by atoms with Gasteiger partial charge in [-0.1, -0.05) is 37.3 Å². The fourth-order valence-electron chi connectivity index (χ4n) is 2.88. The molecule has 134 valence electrons. The number of rotatable bonds is 7. The van der Waals surface area contributed by atoms with E-state index < -0.39 is 0 Å². The summed E-state index contributed by atoms with van der Waals surface area (Å²) in [5.74, 6) is 0.909. The van der Waals surface area contributed by atoms with Crippen molar-refractivity contribution in [1.82, 2.24) is 20.4 Å². The molecule has 1 unspecified atom stereocenters. The Balaban J connectivity index is 1.62. The Kier molecular flexibility index (Phi) is 8.05. The highest BCUT2D eigenvalue weighted by atomic mass is 15.3. The predicted molar refractivity (Wildman–Crippen MR) is 102 cm³/mol. The number of hydrogen-bond acceptors (Lipinski definition) is 3.